The smallest absolute Gasteiger partial charge is 0.0675 e. The Morgan fingerprint density at radius 3 is 2.79 bits per heavy atom. The van der Waals surface area contributed by atoms with Crippen LogP contribution in [0, 0.1) is 13.8 Å². The molecule has 19 heavy (non-hydrogen) atoms. The van der Waals surface area contributed by atoms with Crippen molar-refractivity contribution in [1.82, 2.24) is 15.1 Å². The van der Waals surface area contributed by atoms with E-state index in [0.717, 1.165) is 29.7 Å². The number of hydrogen-bond acceptors (Lipinski definition) is 2. The van der Waals surface area contributed by atoms with E-state index in [1.807, 2.05) is 6.07 Å². The third-order valence-corrected chi connectivity index (χ3v) is 4.54. The molecule has 1 unspecified atom stereocenters. The number of nitrogens with one attached hydrogen (secondary N) is 1. The van der Waals surface area contributed by atoms with Crippen molar-refractivity contribution in [1.29, 1.82) is 0 Å². The third kappa shape index (κ3) is 2.23. The summed E-state index contributed by atoms with van der Waals surface area (Å²) in [5.74, 6) is 0. The van der Waals surface area contributed by atoms with Crippen molar-refractivity contribution in [2.75, 3.05) is 13.1 Å². The molecule has 4 heteroatoms. The number of halogens is 1. The summed E-state index contributed by atoms with van der Waals surface area (Å²) in [6.45, 7) is 6.39. The van der Waals surface area contributed by atoms with Crippen LogP contribution in [0.5, 0.6) is 0 Å². The van der Waals surface area contributed by atoms with Crippen molar-refractivity contribution in [2.45, 2.75) is 26.3 Å². The number of aryl methyl sites for hydroxylation is 1. The summed E-state index contributed by atoms with van der Waals surface area (Å²) in [4.78, 5) is 0. The van der Waals surface area contributed by atoms with E-state index in [1.165, 1.54) is 16.8 Å². The summed E-state index contributed by atoms with van der Waals surface area (Å²) in [6, 6.07) is 8.85. The van der Waals surface area contributed by atoms with Gasteiger partial charge in [-0.25, -0.2) is 0 Å². The van der Waals surface area contributed by atoms with Crippen molar-refractivity contribution in [3.05, 3.63) is 40.1 Å². The van der Waals surface area contributed by atoms with Crippen LogP contribution in [0.2, 0.25) is 0 Å². The minimum atomic E-state index is 0.495. The molecule has 1 N–H and O–H groups in total. The Hall–Kier alpha value is -1.13. The van der Waals surface area contributed by atoms with Crippen molar-refractivity contribution < 1.29 is 0 Å². The lowest BCUT2D eigenvalue weighted by Gasteiger charge is -2.12. The van der Waals surface area contributed by atoms with Gasteiger partial charge in [0.1, 0.15) is 0 Å². The summed E-state index contributed by atoms with van der Waals surface area (Å²) in [5.41, 5.74) is 4.86. The molecule has 0 saturated carbocycles. The van der Waals surface area contributed by atoms with Crippen LogP contribution in [-0.2, 0) is 0 Å². The maximum Gasteiger partial charge on any atom is 0.0675 e. The normalized spacial score (nSPS) is 19.0. The Morgan fingerprint density at radius 2 is 2.11 bits per heavy atom. The number of aromatic nitrogens is 2. The highest BCUT2D eigenvalue weighted by Gasteiger charge is 2.22. The first-order valence-corrected chi connectivity index (χ1v) is 7.49. The highest BCUT2D eigenvalue weighted by atomic mass is 79.9. The molecule has 1 aromatic heterocycles. The monoisotopic (exact) mass is 319 g/mol. The van der Waals surface area contributed by atoms with Crippen LogP contribution in [0.4, 0.5) is 0 Å². The topological polar surface area (TPSA) is 29.9 Å². The van der Waals surface area contributed by atoms with Crippen LogP contribution in [0.1, 0.15) is 23.9 Å². The second-order valence-electron chi connectivity index (χ2n) is 5.12. The van der Waals surface area contributed by atoms with E-state index in [9.17, 15) is 0 Å². The average Bonchev–Trinajstić information content (AvgIpc) is 3.00. The molecule has 0 spiro atoms. The van der Waals surface area contributed by atoms with E-state index in [-0.39, 0.29) is 0 Å². The standard InChI is InChI=1S/C15H18BrN3/c1-10-15(13-5-3-4-6-14(13)16)11(2)19(18-10)12-7-8-17-9-12/h3-6,12,17H,7-9H2,1-2H3. The van der Waals surface area contributed by atoms with Gasteiger partial charge in [-0.1, -0.05) is 34.1 Å². The van der Waals surface area contributed by atoms with Gasteiger partial charge in [-0.2, -0.15) is 5.10 Å². The molecule has 1 aromatic carbocycles. The molecule has 0 aliphatic carbocycles. The molecule has 2 aromatic rings. The zero-order valence-corrected chi connectivity index (χ0v) is 12.9. The predicted octanol–water partition coefficient (Wildman–Crippen LogP) is 3.46. The van der Waals surface area contributed by atoms with Crippen molar-refractivity contribution in [3.63, 3.8) is 0 Å². The molecule has 3 nitrogen and oxygen atoms in total. The van der Waals surface area contributed by atoms with E-state index >= 15 is 0 Å². The van der Waals surface area contributed by atoms with Crippen LogP contribution in [0.3, 0.4) is 0 Å². The van der Waals surface area contributed by atoms with E-state index < -0.39 is 0 Å². The molecule has 0 amide bonds. The molecule has 2 heterocycles. The van der Waals surface area contributed by atoms with Gasteiger partial charge in [0.25, 0.3) is 0 Å². The Labute approximate surface area is 122 Å². The predicted molar refractivity (Wildman–Crippen MR) is 81.4 cm³/mol. The fourth-order valence-corrected chi connectivity index (χ4v) is 3.40. The molecule has 3 rings (SSSR count). The zero-order valence-electron chi connectivity index (χ0n) is 11.3. The highest BCUT2D eigenvalue weighted by molar-refractivity contribution is 9.10. The molecule has 1 aliphatic heterocycles. The largest absolute Gasteiger partial charge is 0.315 e. The fourth-order valence-electron chi connectivity index (χ4n) is 2.92. The summed E-state index contributed by atoms with van der Waals surface area (Å²) in [5, 5.41) is 8.17. The maximum atomic E-state index is 4.77. The van der Waals surface area contributed by atoms with Gasteiger partial charge in [0.15, 0.2) is 0 Å². The van der Waals surface area contributed by atoms with Gasteiger partial charge in [0.2, 0.25) is 0 Å². The van der Waals surface area contributed by atoms with Crippen LogP contribution >= 0.6 is 15.9 Å². The number of rotatable bonds is 2. The lowest BCUT2D eigenvalue weighted by molar-refractivity contribution is 0.477. The Bertz CT molecular complexity index is 597. The molecular weight excluding hydrogens is 302 g/mol. The summed E-state index contributed by atoms with van der Waals surface area (Å²) >= 11 is 3.64. The first-order valence-electron chi connectivity index (χ1n) is 6.70. The van der Waals surface area contributed by atoms with E-state index in [4.69, 9.17) is 5.10 Å². The maximum absolute atomic E-state index is 4.77. The van der Waals surface area contributed by atoms with Crippen molar-refractivity contribution >= 4 is 15.9 Å². The van der Waals surface area contributed by atoms with Gasteiger partial charge in [-0.3, -0.25) is 4.68 Å². The van der Waals surface area contributed by atoms with Gasteiger partial charge in [-0.15, -0.1) is 0 Å². The molecule has 1 saturated heterocycles. The first-order chi connectivity index (χ1) is 9.18. The zero-order chi connectivity index (χ0) is 13.4. The lowest BCUT2D eigenvalue weighted by atomic mass is 10.0. The Balaban J connectivity index is 2.10. The second-order valence-corrected chi connectivity index (χ2v) is 5.97. The number of hydrogen-bond donors (Lipinski definition) is 1. The molecule has 100 valence electrons. The van der Waals surface area contributed by atoms with Crippen molar-refractivity contribution in [3.8, 4) is 11.1 Å². The minimum Gasteiger partial charge on any atom is -0.315 e. The SMILES string of the molecule is Cc1nn(C2CCNC2)c(C)c1-c1ccccc1Br. The van der Waals surface area contributed by atoms with Gasteiger partial charge in [0.05, 0.1) is 11.7 Å². The summed E-state index contributed by atoms with van der Waals surface area (Å²) < 4.78 is 3.33. The highest BCUT2D eigenvalue weighted by Crippen LogP contribution is 2.34. The van der Waals surface area contributed by atoms with Gasteiger partial charge < -0.3 is 5.32 Å². The Kier molecular flexibility index (Phi) is 3.46. The van der Waals surface area contributed by atoms with Crippen LogP contribution in [0.25, 0.3) is 11.1 Å². The van der Waals surface area contributed by atoms with Crippen LogP contribution in [0.15, 0.2) is 28.7 Å². The number of nitrogens with zero attached hydrogens (tertiary/aromatic N) is 2. The van der Waals surface area contributed by atoms with Crippen LogP contribution < -0.4 is 5.32 Å². The Morgan fingerprint density at radius 1 is 1.32 bits per heavy atom. The van der Waals surface area contributed by atoms with Crippen molar-refractivity contribution in [2.24, 2.45) is 0 Å². The average molecular weight is 320 g/mol. The second kappa shape index (κ2) is 5.10. The summed E-state index contributed by atoms with van der Waals surface area (Å²) in [7, 11) is 0. The fraction of sp³-hybridized carbons (Fsp3) is 0.400. The van der Waals surface area contributed by atoms with Gasteiger partial charge in [0, 0.05) is 22.3 Å². The first kappa shape index (κ1) is 12.9. The molecule has 0 radical (unpaired) electrons. The molecular formula is C15H18BrN3. The minimum absolute atomic E-state index is 0.495. The lowest BCUT2D eigenvalue weighted by Crippen LogP contribution is -2.15. The third-order valence-electron chi connectivity index (χ3n) is 3.85. The molecule has 0 bridgehead atoms. The summed E-state index contributed by atoms with van der Waals surface area (Å²) in [6.07, 6.45) is 1.16. The molecule has 1 fully saturated rings. The van der Waals surface area contributed by atoms with Gasteiger partial charge in [-0.05, 0) is 38.4 Å². The molecule has 1 aliphatic rings. The van der Waals surface area contributed by atoms with E-state index in [1.54, 1.807) is 0 Å². The number of benzene rings is 1. The molecule has 1 atom stereocenters. The van der Waals surface area contributed by atoms with E-state index in [2.05, 4.69) is 58.0 Å². The van der Waals surface area contributed by atoms with Gasteiger partial charge >= 0.3 is 0 Å². The quantitative estimate of drug-likeness (QED) is 0.918. The van der Waals surface area contributed by atoms with Crippen LogP contribution in [-0.4, -0.2) is 22.9 Å². The van der Waals surface area contributed by atoms with E-state index in [0.29, 0.717) is 6.04 Å².